The molecule has 0 unspecified atom stereocenters. The quantitative estimate of drug-likeness (QED) is 0.465. The van der Waals surface area contributed by atoms with Crippen LogP contribution in [-0.4, -0.2) is 24.4 Å². The van der Waals surface area contributed by atoms with E-state index in [2.05, 4.69) is 10.9 Å². The Morgan fingerprint density at radius 2 is 1.69 bits per heavy atom. The Hall–Kier alpha value is -2.83. The van der Waals surface area contributed by atoms with Gasteiger partial charge in [-0.1, -0.05) is 35.3 Å². The van der Waals surface area contributed by atoms with Crippen molar-refractivity contribution in [1.82, 2.24) is 10.9 Å². The Bertz CT molecular complexity index is 835. The highest BCUT2D eigenvalue weighted by atomic mass is 35.5. The summed E-state index contributed by atoms with van der Waals surface area (Å²) in [6.45, 7) is -0.542. The molecule has 26 heavy (non-hydrogen) atoms. The molecule has 2 aromatic carbocycles. The van der Waals surface area contributed by atoms with Gasteiger partial charge in [0.2, 0.25) is 0 Å². The van der Waals surface area contributed by atoms with Crippen molar-refractivity contribution in [2.24, 2.45) is 0 Å². The lowest BCUT2D eigenvalue weighted by Gasteiger charge is -2.07. The lowest BCUT2D eigenvalue weighted by Crippen LogP contribution is -2.43. The molecule has 2 N–H and O–H groups in total. The molecule has 2 rings (SSSR count). The summed E-state index contributed by atoms with van der Waals surface area (Å²) in [5.74, 6) is -1.91. The third kappa shape index (κ3) is 6.58. The number of esters is 1. The normalized spacial score (nSPS) is 10.4. The zero-order chi connectivity index (χ0) is 18.9. The molecule has 0 saturated carbocycles. The summed E-state index contributed by atoms with van der Waals surface area (Å²) in [6, 6.07) is 13.0. The van der Waals surface area contributed by atoms with Gasteiger partial charge >= 0.3 is 5.97 Å². The Labute approximate surface area is 159 Å². The van der Waals surface area contributed by atoms with Gasteiger partial charge in [-0.2, -0.15) is 0 Å². The summed E-state index contributed by atoms with van der Waals surface area (Å²) in [6.07, 6.45) is 2.68. The molecule has 6 nitrogen and oxygen atoms in total. The molecule has 0 aliphatic heterocycles. The number of hydrazine groups is 1. The highest BCUT2D eigenvalue weighted by Crippen LogP contribution is 2.12. The number of nitrogens with one attached hydrogen (secondary N) is 2. The Kier molecular flexibility index (Phi) is 7.20. The molecule has 0 atom stereocenters. The van der Waals surface area contributed by atoms with Crippen molar-refractivity contribution in [3.63, 3.8) is 0 Å². The Balaban J connectivity index is 1.73. The highest BCUT2D eigenvalue weighted by Gasteiger charge is 2.08. The van der Waals surface area contributed by atoms with Gasteiger partial charge in [-0.15, -0.1) is 0 Å². The van der Waals surface area contributed by atoms with Gasteiger partial charge in [0.25, 0.3) is 11.8 Å². The van der Waals surface area contributed by atoms with E-state index in [1.807, 2.05) is 0 Å². The first-order chi connectivity index (χ1) is 12.4. The van der Waals surface area contributed by atoms with Crippen LogP contribution in [0.25, 0.3) is 6.08 Å². The molecule has 0 fully saturated rings. The largest absolute Gasteiger partial charge is 0.452 e. The van der Waals surface area contributed by atoms with Crippen LogP contribution in [-0.2, 0) is 14.3 Å². The van der Waals surface area contributed by atoms with Crippen molar-refractivity contribution in [3.8, 4) is 0 Å². The standard InChI is InChI=1S/C18H14Cl2N2O4/c19-14-7-5-13(6-8-14)18(25)22-21-16(23)11-26-17(24)9-4-12-2-1-3-15(20)10-12/h1-10H,11H2,(H,21,23)(H,22,25)/b9-4+. The maximum absolute atomic E-state index is 11.8. The van der Waals surface area contributed by atoms with Crippen LogP contribution in [0.3, 0.4) is 0 Å². The van der Waals surface area contributed by atoms with E-state index in [4.69, 9.17) is 27.9 Å². The van der Waals surface area contributed by atoms with E-state index in [0.29, 0.717) is 21.2 Å². The van der Waals surface area contributed by atoms with E-state index in [0.717, 1.165) is 0 Å². The van der Waals surface area contributed by atoms with Crippen molar-refractivity contribution < 1.29 is 19.1 Å². The average Bonchev–Trinajstić information content (AvgIpc) is 2.63. The van der Waals surface area contributed by atoms with E-state index in [-0.39, 0.29) is 0 Å². The smallest absolute Gasteiger partial charge is 0.331 e. The monoisotopic (exact) mass is 392 g/mol. The Morgan fingerprint density at radius 3 is 2.38 bits per heavy atom. The van der Waals surface area contributed by atoms with Gasteiger partial charge < -0.3 is 4.74 Å². The predicted octanol–water partition coefficient (Wildman–Crippen LogP) is 3.01. The molecule has 0 saturated heterocycles. The van der Waals surface area contributed by atoms with Gasteiger partial charge in [-0.3, -0.25) is 20.4 Å². The minimum absolute atomic E-state index is 0.316. The fraction of sp³-hybridized carbons (Fsp3) is 0.0556. The fourth-order valence-corrected chi connectivity index (χ4v) is 2.12. The molecule has 0 aromatic heterocycles. The molecule has 0 bridgehead atoms. The zero-order valence-corrected chi connectivity index (χ0v) is 14.9. The van der Waals surface area contributed by atoms with E-state index >= 15 is 0 Å². The number of hydrogen-bond acceptors (Lipinski definition) is 4. The molecular weight excluding hydrogens is 379 g/mol. The fourth-order valence-electron chi connectivity index (χ4n) is 1.80. The van der Waals surface area contributed by atoms with Crippen molar-refractivity contribution in [3.05, 3.63) is 75.8 Å². The van der Waals surface area contributed by atoms with Crippen LogP contribution in [0.15, 0.2) is 54.6 Å². The lowest BCUT2D eigenvalue weighted by atomic mass is 10.2. The number of carbonyl (C=O) groups is 3. The maximum atomic E-state index is 11.8. The summed E-state index contributed by atoms with van der Waals surface area (Å²) in [7, 11) is 0. The summed E-state index contributed by atoms with van der Waals surface area (Å²) in [4.78, 5) is 35.0. The molecule has 8 heteroatoms. The van der Waals surface area contributed by atoms with E-state index in [1.54, 1.807) is 36.4 Å². The summed E-state index contributed by atoms with van der Waals surface area (Å²) < 4.78 is 4.77. The topological polar surface area (TPSA) is 84.5 Å². The van der Waals surface area contributed by atoms with Crippen LogP contribution in [0.5, 0.6) is 0 Å². The summed E-state index contributed by atoms with van der Waals surface area (Å²) in [5.41, 5.74) is 5.38. The number of amides is 2. The van der Waals surface area contributed by atoms with Crippen LogP contribution < -0.4 is 10.9 Å². The molecular formula is C18H14Cl2N2O4. The van der Waals surface area contributed by atoms with Gasteiger partial charge in [0.15, 0.2) is 6.61 Å². The zero-order valence-electron chi connectivity index (χ0n) is 13.4. The van der Waals surface area contributed by atoms with Gasteiger partial charge in [-0.05, 0) is 48.0 Å². The molecule has 0 spiro atoms. The number of benzene rings is 2. The highest BCUT2D eigenvalue weighted by molar-refractivity contribution is 6.31. The van der Waals surface area contributed by atoms with Gasteiger partial charge in [0.05, 0.1) is 0 Å². The first-order valence-corrected chi connectivity index (χ1v) is 8.15. The molecule has 0 aliphatic carbocycles. The second-order valence-electron chi connectivity index (χ2n) is 5.01. The summed E-state index contributed by atoms with van der Waals surface area (Å²) >= 11 is 11.6. The number of carbonyl (C=O) groups excluding carboxylic acids is 3. The first kappa shape index (κ1) is 19.5. The summed E-state index contributed by atoms with van der Waals surface area (Å²) in [5, 5.41) is 1.03. The van der Waals surface area contributed by atoms with Crippen molar-refractivity contribution in [1.29, 1.82) is 0 Å². The molecule has 2 amide bonds. The third-order valence-electron chi connectivity index (χ3n) is 3.03. The van der Waals surface area contributed by atoms with Crippen LogP contribution in [0.2, 0.25) is 10.0 Å². The maximum Gasteiger partial charge on any atom is 0.331 e. The number of halogens is 2. The predicted molar refractivity (Wildman–Crippen MR) is 98.5 cm³/mol. The number of rotatable bonds is 5. The Morgan fingerprint density at radius 1 is 0.962 bits per heavy atom. The first-order valence-electron chi connectivity index (χ1n) is 7.39. The van der Waals surface area contributed by atoms with Crippen LogP contribution in [0.4, 0.5) is 0 Å². The number of hydrogen-bond donors (Lipinski definition) is 2. The van der Waals surface area contributed by atoms with Gasteiger partial charge in [0.1, 0.15) is 0 Å². The molecule has 134 valence electrons. The van der Waals surface area contributed by atoms with E-state index < -0.39 is 24.4 Å². The van der Waals surface area contributed by atoms with E-state index in [1.165, 1.54) is 24.3 Å². The van der Waals surface area contributed by atoms with E-state index in [9.17, 15) is 14.4 Å². The van der Waals surface area contributed by atoms with Gasteiger partial charge in [0, 0.05) is 21.7 Å². The second-order valence-corrected chi connectivity index (χ2v) is 5.88. The third-order valence-corrected chi connectivity index (χ3v) is 3.51. The SMILES string of the molecule is O=C(COC(=O)/C=C/c1cccc(Cl)c1)NNC(=O)c1ccc(Cl)cc1. The molecule has 0 heterocycles. The number of ether oxygens (including phenoxy) is 1. The minimum Gasteiger partial charge on any atom is -0.452 e. The lowest BCUT2D eigenvalue weighted by molar-refractivity contribution is -0.144. The van der Waals surface area contributed by atoms with Crippen LogP contribution >= 0.6 is 23.2 Å². The van der Waals surface area contributed by atoms with Gasteiger partial charge in [-0.25, -0.2) is 4.79 Å². The average molecular weight is 393 g/mol. The second kappa shape index (κ2) is 9.60. The van der Waals surface area contributed by atoms with Crippen LogP contribution in [0, 0.1) is 0 Å². The van der Waals surface area contributed by atoms with Crippen molar-refractivity contribution in [2.75, 3.05) is 6.61 Å². The molecule has 2 aromatic rings. The minimum atomic E-state index is -0.704. The van der Waals surface area contributed by atoms with Crippen molar-refractivity contribution in [2.45, 2.75) is 0 Å². The van der Waals surface area contributed by atoms with Crippen LogP contribution in [0.1, 0.15) is 15.9 Å². The molecule has 0 radical (unpaired) electrons. The molecule has 0 aliphatic rings. The van der Waals surface area contributed by atoms with Crippen molar-refractivity contribution >= 4 is 47.1 Å².